The highest BCUT2D eigenvalue weighted by atomic mass is 15.2. The van der Waals surface area contributed by atoms with Gasteiger partial charge < -0.3 is 4.90 Å². The molecule has 0 radical (unpaired) electrons. The van der Waals surface area contributed by atoms with Gasteiger partial charge in [0, 0.05) is 6.04 Å². The summed E-state index contributed by atoms with van der Waals surface area (Å²) < 4.78 is 0. The number of hydrogen-bond donors (Lipinski definition) is 0. The third-order valence-corrected chi connectivity index (χ3v) is 7.29. The number of nitriles is 1. The Morgan fingerprint density at radius 1 is 0.846 bits per heavy atom. The minimum absolute atomic E-state index is 0.0157. The van der Waals surface area contributed by atoms with Crippen LogP contribution in [0.3, 0.4) is 0 Å². The predicted molar refractivity (Wildman–Crippen MR) is 112 cm³/mol. The van der Waals surface area contributed by atoms with Gasteiger partial charge in [-0.15, -0.1) is 0 Å². The minimum Gasteiger partial charge on any atom is -0.300 e. The SMILES string of the molecule is CCCCCCC1CCN(C2CCC(C#N)(CCCCCC)CC2)CC1. The molecule has 150 valence electrons. The van der Waals surface area contributed by atoms with Crippen LogP contribution >= 0.6 is 0 Å². The van der Waals surface area contributed by atoms with Crippen molar-refractivity contribution in [3.63, 3.8) is 0 Å². The van der Waals surface area contributed by atoms with E-state index in [1.807, 2.05) is 0 Å². The number of likely N-dealkylation sites (tertiary alicyclic amines) is 1. The first-order valence-corrected chi connectivity index (χ1v) is 11.9. The molecule has 0 spiro atoms. The standard InChI is InChI=1S/C24H44N2/c1-3-5-7-9-11-22-14-19-26(20-15-22)23-12-17-24(21-25,18-13-23)16-10-8-6-4-2/h22-23H,3-20H2,1-2H3. The van der Waals surface area contributed by atoms with Crippen LogP contribution in [-0.2, 0) is 0 Å². The lowest BCUT2D eigenvalue weighted by atomic mass is 9.70. The van der Waals surface area contributed by atoms with Gasteiger partial charge in [-0.2, -0.15) is 5.26 Å². The molecule has 0 atom stereocenters. The maximum atomic E-state index is 9.79. The van der Waals surface area contributed by atoms with Crippen LogP contribution in [-0.4, -0.2) is 24.0 Å². The Kier molecular flexibility index (Phi) is 10.1. The zero-order valence-corrected chi connectivity index (χ0v) is 17.8. The molecule has 2 rings (SSSR count). The highest BCUT2D eigenvalue weighted by molar-refractivity contribution is 5.03. The fourth-order valence-electron chi connectivity index (χ4n) is 5.29. The molecular formula is C24H44N2. The second-order valence-corrected chi connectivity index (χ2v) is 9.26. The number of unbranched alkanes of at least 4 members (excludes halogenated alkanes) is 6. The molecule has 1 aliphatic heterocycles. The summed E-state index contributed by atoms with van der Waals surface area (Å²) >= 11 is 0. The number of hydrogen-bond acceptors (Lipinski definition) is 2. The number of piperidine rings is 1. The molecule has 1 heterocycles. The van der Waals surface area contributed by atoms with Crippen LogP contribution in [0, 0.1) is 22.7 Å². The van der Waals surface area contributed by atoms with Gasteiger partial charge in [0.25, 0.3) is 0 Å². The summed E-state index contributed by atoms with van der Waals surface area (Å²) in [7, 11) is 0. The Morgan fingerprint density at radius 3 is 2.04 bits per heavy atom. The molecule has 2 fully saturated rings. The maximum Gasteiger partial charge on any atom is 0.0689 e. The lowest BCUT2D eigenvalue weighted by Gasteiger charge is -2.43. The molecule has 0 N–H and O–H groups in total. The van der Waals surface area contributed by atoms with Crippen LogP contribution in [0.25, 0.3) is 0 Å². The van der Waals surface area contributed by atoms with Gasteiger partial charge in [-0.25, -0.2) is 0 Å². The summed E-state index contributed by atoms with van der Waals surface area (Å²) in [5, 5.41) is 9.79. The summed E-state index contributed by atoms with van der Waals surface area (Å²) in [6.45, 7) is 7.20. The van der Waals surface area contributed by atoms with E-state index in [4.69, 9.17) is 0 Å². The van der Waals surface area contributed by atoms with E-state index < -0.39 is 0 Å². The molecular weight excluding hydrogens is 316 g/mol. The van der Waals surface area contributed by atoms with Crippen molar-refractivity contribution in [2.45, 2.75) is 123 Å². The van der Waals surface area contributed by atoms with E-state index in [1.165, 1.54) is 96.6 Å². The van der Waals surface area contributed by atoms with Crippen molar-refractivity contribution in [1.82, 2.24) is 4.90 Å². The first-order valence-electron chi connectivity index (χ1n) is 11.9. The first kappa shape index (κ1) is 21.7. The molecule has 2 heteroatoms. The van der Waals surface area contributed by atoms with Gasteiger partial charge in [0.2, 0.25) is 0 Å². The lowest BCUT2D eigenvalue weighted by Crippen LogP contribution is -2.44. The number of nitrogens with zero attached hydrogens (tertiary/aromatic N) is 2. The monoisotopic (exact) mass is 360 g/mol. The average molecular weight is 361 g/mol. The van der Waals surface area contributed by atoms with E-state index in [0.717, 1.165) is 31.2 Å². The largest absolute Gasteiger partial charge is 0.300 e. The quantitative estimate of drug-likeness (QED) is 0.368. The van der Waals surface area contributed by atoms with E-state index in [0.29, 0.717) is 0 Å². The van der Waals surface area contributed by atoms with Gasteiger partial charge in [-0.3, -0.25) is 0 Å². The normalized spacial score (nSPS) is 28.1. The molecule has 0 aromatic rings. The molecule has 0 amide bonds. The Balaban J connectivity index is 1.66. The van der Waals surface area contributed by atoms with Crippen molar-refractivity contribution in [2.24, 2.45) is 11.3 Å². The van der Waals surface area contributed by atoms with Crippen LogP contribution in [0.15, 0.2) is 0 Å². The van der Waals surface area contributed by atoms with Gasteiger partial charge in [-0.05, 0) is 64.0 Å². The number of rotatable bonds is 11. The van der Waals surface area contributed by atoms with Crippen LogP contribution < -0.4 is 0 Å². The van der Waals surface area contributed by atoms with Crippen molar-refractivity contribution in [3.05, 3.63) is 0 Å². The van der Waals surface area contributed by atoms with Gasteiger partial charge in [0.15, 0.2) is 0 Å². The van der Waals surface area contributed by atoms with Crippen molar-refractivity contribution >= 4 is 0 Å². The Labute approximate surface area is 163 Å². The second kappa shape index (κ2) is 12.0. The summed E-state index contributed by atoms with van der Waals surface area (Å²) in [5.41, 5.74) is 0.0157. The molecule has 1 saturated carbocycles. The Morgan fingerprint density at radius 2 is 1.46 bits per heavy atom. The highest BCUT2D eigenvalue weighted by Gasteiger charge is 2.37. The molecule has 0 aromatic carbocycles. The smallest absolute Gasteiger partial charge is 0.0689 e. The van der Waals surface area contributed by atoms with E-state index >= 15 is 0 Å². The molecule has 1 aliphatic carbocycles. The third kappa shape index (κ3) is 6.88. The zero-order chi connectivity index (χ0) is 18.7. The molecule has 2 nitrogen and oxygen atoms in total. The lowest BCUT2D eigenvalue weighted by molar-refractivity contribution is 0.0754. The first-order chi connectivity index (χ1) is 12.7. The maximum absolute atomic E-state index is 9.79. The van der Waals surface area contributed by atoms with Crippen LogP contribution in [0.1, 0.15) is 117 Å². The van der Waals surface area contributed by atoms with Crippen LogP contribution in [0.2, 0.25) is 0 Å². The molecule has 0 unspecified atom stereocenters. The van der Waals surface area contributed by atoms with Crippen molar-refractivity contribution in [1.29, 1.82) is 5.26 Å². The summed E-state index contributed by atoms with van der Waals surface area (Å²) in [6.07, 6.45) is 21.1. The van der Waals surface area contributed by atoms with Gasteiger partial charge >= 0.3 is 0 Å². The Hall–Kier alpha value is -0.550. The second-order valence-electron chi connectivity index (χ2n) is 9.26. The fourth-order valence-corrected chi connectivity index (χ4v) is 5.29. The summed E-state index contributed by atoms with van der Waals surface area (Å²) in [5.74, 6) is 0.989. The summed E-state index contributed by atoms with van der Waals surface area (Å²) in [4.78, 5) is 2.78. The molecule has 2 aliphatic rings. The predicted octanol–water partition coefficient (Wildman–Crippen LogP) is 7.09. The summed E-state index contributed by atoms with van der Waals surface area (Å²) in [6, 6.07) is 3.51. The van der Waals surface area contributed by atoms with Crippen molar-refractivity contribution < 1.29 is 0 Å². The highest BCUT2D eigenvalue weighted by Crippen LogP contribution is 2.42. The fraction of sp³-hybridized carbons (Fsp3) is 0.958. The molecule has 26 heavy (non-hydrogen) atoms. The molecule has 0 bridgehead atoms. The van der Waals surface area contributed by atoms with Crippen molar-refractivity contribution in [2.75, 3.05) is 13.1 Å². The van der Waals surface area contributed by atoms with Gasteiger partial charge in [0.05, 0.1) is 11.5 Å². The zero-order valence-electron chi connectivity index (χ0n) is 17.8. The minimum atomic E-state index is 0.0157. The van der Waals surface area contributed by atoms with Crippen molar-refractivity contribution in [3.8, 4) is 6.07 Å². The van der Waals surface area contributed by atoms with E-state index in [9.17, 15) is 5.26 Å². The average Bonchev–Trinajstić information content (AvgIpc) is 2.70. The third-order valence-electron chi connectivity index (χ3n) is 7.29. The topological polar surface area (TPSA) is 27.0 Å². The van der Waals surface area contributed by atoms with E-state index in [-0.39, 0.29) is 5.41 Å². The van der Waals surface area contributed by atoms with Gasteiger partial charge in [0.1, 0.15) is 0 Å². The Bertz CT molecular complexity index is 395. The van der Waals surface area contributed by atoms with Crippen LogP contribution in [0.4, 0.5) is 0 Å². The molecule has 1 saturated heterocycles. The molecule has 0 aromatic heterocycles. The van der Waals surface area contributed by atoms with E-state index in [2.05, 4.69) is 24.8 Å². The van der Waals surface area contributed by atoms with Gasteiger partial charge in [-0.1, -0.05) is 71.6 Å². The van der Waals surface area contributed by atoms with Crippen LogP contribution in [0.5, 0.6) is 0 Å². The van der Waals surface area contributed by atoms with E-state index in [1.54, 1.807) is 0 Å².